The Morgan fingerprint density at radius 2 is 1.82 bits per heavy atom. The summed E-state index contributed by atoms with van der Waals surface area (Å²) in [7, 11) is 0. The Kier molecular flexibility index (Phi) is 7.85. The molecule has 0 radical (unpaired) electrons. The van der Waals surface area contributed by atoms with E-state index in [2.05, 4.69) is 17.6 Å². The molecule has 1 heterocycles. The highest BCUT2D eigenvalue weighted by atomic mass is 16.3. The Hall–Kier alpha value is -2.39. The molecule has 220 valence electrons. The fourth-order valence-electron chi connectivity index (χ4n) is 9.16. The molecule has 1 aliphatic heterocycles. The van der Waals surface area contributed by atoms with Crippen molar-refractivity contribution in [3.63, 3.8) is 0 Å². The zero-order chi connectivity index (χ0) is 28.9. The monoisotopic (exact) mass is 556 g/mol. The molecule has 0 aromatic carbocycles. The summed E-state index contributed by atoms with van der Waals surface area (Å²) < 4.78 is 0. The molecule has 0 aromatic heterocycles. The Morgan fingerprint density at radius 3 is 2.60 bits per heavy atom. The lowest BCUT2D eigenvalue weighted by molar-refractivity contribution is -0.180. The minimum absolute atomic E-state index is 0.0215. The van der Waals surface area contributed by atoms with Crippen LogP contribution in [-0.2, 0) is 24.0 Å². The standard InChI is InChI=1S/C31H44N2O7/c1-29-12-10-20(35)15-18(29)6-8-21-22-11-13-31(40,30(22,2)17-24(36)27(21)29)25(37)16-19(34)7-9-26(38)33-23-5-3-4-14-32-28(23)39/h15,21-24,27,36,40H,3-14,16-17H2,1-2H3,(H,32,39)(H,33,38). The molecule has 8 unspecified atom stereocenters. The molecule has 0 aromatic rings. The molecule has 9 heteroatoms. The SMILES string of the molecule is CC12CCC(=O)C=C1CCC1C2C(O)CC2(C)C1CCC2(O)C(=O)CC(=O)CCC(=O)NC1CCCCNC1=O. The van der Waals surface area contributed by atoms with Gasteiger partial charge in [-0.2, -0.15) is 0 Å². The van der Waals surface area contributed by atoms with Gasteiger partial charge in [-0.3, -0.25) is 24.0 Å². The summed E-state index contributed by atoms with van der Waals surface area (Å²) in [4.78, 5) is 62.9. The molecule has 0 spiro atoms. The third-order valence-corrected chi connectivity index (χ3v) is 11.4. The highest BCUT2D eigenvalue weighted by Crippen LogP contribution is 2.67. The van der Waals surface area contributed by atoms with Crippen LogP contribution < -0.4 is 10.6 Å². The molecule has 5 aliphatic rings. The Morgan fingerprint density at radius 1 is 1.05 bits per heavy atom. The summed E-state index contributed by atoms with van der Waals surface area (Å²) in [5, 5.41) is 28.8. The first-order chi connectivity index (χ1) is 18.9. The van der Waals surface area contributed by atoms with Gasteiger partial charge in [0.2, 0.25) is 11.8 Å². The first-order valence-corrected chi connectivity index (χ1v) is 15.2. The average Bonchev–Trinajstić information content (AvgIpc) is 3.02. The van der Waals surface area contributed by atoms with Gasteiger partial charge in [0.15, 0.2) is 11.6 Å². The molecule has 0 bridgehead atoms. The fraction of sp³-hybridized carbons (Fsp3) is 0.774. The number of nitrogens with one attached hydrogen (secondary N) is 2. The van der Waals surface area contributed by atoms with Crippen molar-refractivity contribution >= 4 is 29.2 Å². The molecule has 1 saturated heterocycles. The Labute approximate surface area is 235 Å². The third-order valence-electron chi connectivity index (χ3n) is 11.4. The molecule has 2 amide bonds. The molecular formula is C31H44N2O7. The van der Waals surface area contributed by atoms with Crippen molar-refractivity contribution in [3.05, 3.63) is 11.6 Å². The summed E-state index contributed by atoms with van der Waals surface area (Å²) >= 11 is 0. The number of aliphatic hydroxyl groups excluding tert-OH is 1. The molecule has 8 atom stereocenters. The number of amides is 2. The molecule has 5 rings (SSSR count). The van der Waals surface area contributed by atoms with Gasteiger partial charge >= 0.3 is 0 Å². The molecule has 40 heavy (non-hydrogen) atoms. The summed E-state index contributed by atoms with van der Waals surface area (Å²) in [5.74, 6) is -1.25. The Bertz CT molecular complexity index is 1130. The Balaban J connectivity index is 1.22. The van der Waals surface area contributed by atoms with Gasteiger partial charge in [-0.05, 0) is 87.0 Å². The lowest BCUT2D eigenvalue weighted by Crippen LogP contribution is -2.61. The van der Waals surface area contributed by atoms with Crippen LogP contribution in [-0.4, -0.2) is 63.7 Å². The van der Waals surface area contributed by atoms with Crippen LogP contribution >= 0.6 is 0 Å². The first kappa shape index (κ1) is 29.1. The maximum atomic E-state index is 13.5. The van der Waals surface area contributed by atoms with Crippen molar-refractivity contribution in [1.29, 1.82) is 0 Å². The van der Waals surface area contributed by atoms with E-state index in [9.17, 15) is 34.2 Å². The average molecular weight is 557 g/mol. The van der Waals surface area contributed by atoms with Crippen molar-refractivity contribution in [1.82, 2.24) is 10.6 Å². The lowest BCUT2D eigenvalue weighted by Gasteiger charge is -2.60. The highest BCUT2D eigenvalue weighted by Gasteiger charge is 2.68. The molecule has 4 fully saturated rings. The van der Waals surface area contributed by atoms with E-state index in [0.29, 0.717) is 25.8 Å². The van der Waals surface area contributed by atoms with Gasteiger partial charge in [0.05, 0.1) is 12.5 Å². The van der Waals surface area contributed by atoms with Crippen molar-refractivity contribution < 1.29 is 34.2 Å². The first-order valence-electron chi connectivity index (χ1n) is 15.2. The molecule has 4 aliphatic carbocycles. The highest BCUT2D eigenvalue weighted by molar-refractivity contribution is 6.04. The van der Waals surface area contributed by atoms with Crippen molar-refractivity contribution in [2.24, 2.45) is 28.6 Å². The quantitative estimate of drug-likeness (QED) is 0.352. The molecular weight excluding hydrogens is 512 g/mol. The number of allylic oxidation sites excluding steroid dienone is 1. The van der Waals surface area contributed by atoms with Crippen LogP contribution in [0.15, 0.2) is 11.6 Å². The minimum Gasteiger partial charge on any atom is -0.393 e. The third kappa shape index (κ3) is 4.87. The van der Waals surface area contributed by atoms with Crippen LogP contribution in [0, 0.1) is 28.6 Å². The number of Topliss-reactive ketones (excluding diaryl/α,β-unsaturated/α-hetero) is 2. The topological polar surface area (TPSA) is 150 Å². The van der Waals surface area contributed by atoms with E-state index in [4.69, 9.17) is 0 Å². The summed E-state index contributed by atoms with van der Waals surface area (Å²) in [5.41, 5.74) is -1.68. The summed E-state index contributed by atoms with van der Waals surface area (Å²) in [6.07, 6.45) is 6.58. The van der Waals surface area contributed by atoms with Crippen LogP contribution in [0.1, 0.15) is 97.3 Å². The number of rotatable bonds is 7. The van der Waals surface area contributed by atoms with Crippen LogP contribution in [0.3, 0.4) is 0 Å². The molecule has 9 nitrogen and oxygen atoms in total. The fourth-order valence-corrected chi connectivity index (χ4v) is 9.16. The van der Waals surface area contributed by atoms with E-state index in [1.807, 2.05) is 6.92 Å². The van der Waals surface area contributed by atoms with Crippen LogP contribution in [0.4, 0.5) is 0 Å². The van der Waals surface area contributed by atoms with E-state index < -0.39 is 47.1 Å². The number of ketones is 3. The maximum absolute atomic E-state index is 13.5. The van der Waals surface area contributed by atoms with Crippen molar-refractivity contribution in [3.8, 4) is 0 Å². The predicted octanol–water partition coefficient (Wildman–Crippen LogP) is 2.31. The largest absolute Gasteiger partial charge is 0.393 e. The summed E-state index contributed by atoms with van der Waals surface area (Å²) in [6.45, 7) is 4.65. The summed E-state index contributed by atoms with van der Waals surface area (Å²) in [6, 6.07) is -0.605. The van der Waals surface area contributed by atoms with Gasteiger partial charge in [-0.25, -0.2) is 0 Å². The van der Waals surface area contributed by atoms with Crippen LogP contribution in [0.2, 0.25) is 0 Å². The van der Waals surface area contributed by atoms with E-state index in [0.717, 1.165) is 37.7 Å². The van der Waals surface area contributed by atoms with Crippen molar-refractivity contribution in [2.45, 2.75) is 115 Å². The van der Waals surface area contributed by atoms with Gasteiger partial charge < -0.3 is 20.8 Å². The molecule has 3 saturated carbocycles. The smallest absolute Gasteiger partial charge is 0.242 e. The lowest BCUT2D eigenvalue weighted by atomic mass is 9.45. The minimum atomic E-state index is -1.71. The normalized spacial score (nSPS) is 41.0. The van der Waals surface area contributed by atoms with Crippen molar-refractivity contribution in [2.75, 3.05) is 6.54 Å². The zero-order valence-electron chi connectivity index (χ0n) is 23.8. The molecule has 4 N–H and O–H groups in total. The second-order valence-electron chi connectivity index (χ2n) is 13.5. The number of carbonyl (C=O) groups is 5. The van der Waals surface area contributed by atoms with E-state index in [1.54, 1.807) is 6.08 Å². The maximum Gasteiger partial charge on any atom is 0.242 e. The van der Waals surface area contributed by atoms with E-state index in [-0.39, 0.29) is 60.5 Å². The van der Waals surface area contributed by atoms with Crippen LogP contribution in [0.5, 0.6) is 0 Å². The zero-order valence-corrected chi connectivity index (χ0v) is 23.8. The van der Waals surface area contributed by atoms with Gasteiger partial charge in [0.25, 0.3) is 0 Å². The number of aliphatic hydroxyl groups is 2. The van der Waals surface area contributed by atoms with Crippen LogP contribution in [0.25, 0.3) is 0 Å². The van der Waals surface area contributed by atoms with E-state index >= 15 is 0 Å². The van der Waals surface area contributed by atoms with Gasteiger partial charge in [-0.15, -0.1) is 0 Å². The second-order valence-corrected chi connectivity index (χ2v) is 13.5. The number of fused-ring (bicyclic) bond motifs is 5. The second kappa shape index (κ2) is 10.8. The van der Waals surface area contributed by atoms with Gasteiger partial charge in [0, 0.05) is 31.2 Å². The van der Waals surface area contributed by atoms with Gasteiger partial charge in [-0.1, -0.05) is 19.4 Å². The number of hydrogen-bond donors (Lipinski definition) is 4. The number of carbonyl (C=O) groups excluding carboxylic acids is 5. The number of hydrogen-bond acceptors (Lipinski definition) is 7. The predicted molar refractivity (Wildman–Crippen MR) is 146 cm³/mol. The van der Waals surface area contributed by atoms with E-state index in [1.165, 1.54) is 0 Å². The van der Waals surface area contributed by atoms with Gasteiger partial charge in [0.1, 0.15) is 17.4 Å².